The van der Waals surface area contributed by atoms with Crippen LogP contribution < -0.4 is 10.1 Å². The van der Waals surface area contributed by atoms with Crippen molar-refractivity contribution in [2.24, 2.45) is 0 Å². The Morgan fingerprint density at radius 3 is 2.70 bits per heavy atom. The number of nitrogens with zero attached hydrogens (tertiary/aromatic N) is 1. The van der Waals surface area contributed by atoms with E-state index in [1.165, 1.54) is 24.3 Å². The Labute approximate surface area is 132 Å². The lowest BCUT2D eigenvalue weighted by molar-refractivity contribution is -0.0498. The van der Waals surface area contributed by atoms with E-state index in [-0.39, 0.29) is 23.3 Å². The van der Waals surface area contributed by atoms with Crippen LogP contribution in [0.1, 0.15) is 22.2 Å². The van der Waals surface area contributed by atoms with Gasteiger partial charge in [0.1, 0.15) is 11.5 Å². The number of halogens is 2. The van der Waals surface area contributed by atoms with Gasteiger partial charge in [-0.3, -0.25) is 9.69 Å². The standard InChI is InChI=1S/C16H18F2N2O3/c1-20(2)13(14-7-4-8-22-14)10-19-15(21)11-5-3-6-12(9-11)23-16(17)18/h3-9,13,16H,10H2,1-2H3,(H,19,21)/t13-/m1/s1. The van der Waals surface area contributed by atoms with Crippen LogP contribution in [0.3, 0.4) is 0 Å². The van der Waals surface area contributed by atoms with E-state index < -0.39 is 6.61 Å². The lowest BCUT2D eigenvalue weighted by Crippen LogP contribution is -2.34. The zero-order chi connectivity index (χ0) is 16.8. The molecule has 0 aliphatic carbocycles. The fourth-order valence-electron chi connectivity index (χ4n) is 2.12. The highest BCUT2D eigenvalue weighted by Gasteiger charge is 2.18. The van der Waals surface area contributed by atoms with Crippen LogP contribution in [0.25, 0.3) is 0 Å². The zero-order valence-electron chi connectivity index (χ0n) is 12.8. The smallest absolute Gasteiger partial charge is 0.387 e. The Hall–Kier alpha value is -2.41. The molecule has 0 spiro atoms. The second kappa shape index (κ2) is 7.73. The van der Waals surface area contributed by atoms with Gasteiger partial charge in [-0.2, -0.15) is 8.78 Å². The van der Waals surface area contributed by atoms with Crippen molar-refractivity contribution < 1.29 is 22.7 Å². The first-order valence-corrected chi connectivity index (χ1v) is 7.00. The van der Waals surface area contributed by atoms with Crippen molar-refractivity contribution in [1.82, 2.24) is 10.2 Å². The molecule has 1 atom stereocenters. The fraction of sp³-hybridized carbons (Fsp3) is 0.312. The predicted octanol–water partition coefficient (Wildman–Crippen LogP) is 2.91. The van der Waals surface area contributed by atoms with E-state index in [9.17, 15) is 13.6 Å². The summed E-state index contributed by atoms with van der Waals surface area (Å²) in [7, 11) is 3.74. The Balaban J connectivity index is 2.01. The Bertz CT molecular complexity index is 630. The Morgan fingerprint density at radius 1 is 1.30 bits per heavy atom. The molecule has 1 N–H and O–H groups in total. The van der Waals surface area contributed by atoms with Gasteiger partial charge in [0, 0.05) is 12.1 Å². The average Bonchev–Trinajstić information content (AvgIpc) is 3.00. The van der Waals surface area contributed by atoms with Crippen LogP contribution in [0.4, 0.5) is 8.78 Å². The third kappa shape index (κ3) is 4.79. The van der Waals surface area contributed by atoms with Gasteiger partial charge in [-0.15, -0.1) is 0 Å². The van der Waals surface area contributed by atoms with Crippen molar-refractivity contribution in [1.29, 1.82) is 0 Å². The molecule has 0 aliphatic rings. The van der Waals surface area contributed by atoms with Crippen LogP contribution in [0.5, 0.6) is 5.75 Å². The van der Waals surface area contributed by atoms with E-state index >= 15 is 0 Å². The quantitative estimate of drug-likeness (QED) is 0.851. The highest BCUT2D eigenvalue weighted by atomic mass is 19.3. The van der Waals surface area contributed by atoms with Gasteiger partial charge in [-0.25, -0.2) is 0 Å². The number of nitrogens with one attached hydrogen (secondary N) is 1. The molecule has 7 heteroatoms. The van der Waals surface area contributed by atoms with Crippen LogP contribution in [0, 0.1) is 0 Å². The second-order valence-electron chi connectivity index (χ2n) is 5.11. The largest absolute Gasteiger partial charge is 0.468 e. The lowest BCUT2D eigenvalue weighted by Gasteiger charge is -2.22. The lowest BCUT2D eigenvalue weighted by atomic mass is 10.1. The first-order chi connectivity index (χ1) is 11.0. The van der Waals surface area contributed by atoms with Crippen molar-refractivity contribution in [3.8, 4) is 5.75 Å². The van der Waals surface area contributed by atoms with Crippen LogP contribution in [0.2, 0.25) is 0 Å². The highest BCUT2D eigenvalue weighted by Crippen LogP contribution is 2.19. The summed E-state index contributed by atoms with van der Waals surface area (Å²) in [5.41, 5.74) is 0.250. The predicted molar refractivity (Wildman–Crippen MR) is 80.5 cm³/mol. The van der Waals surface area contributed by atoms with E-state index in [4.69, 9.17) is 4.42 Å². The summed E-state index contributed by atoms with van der Waals surface area (Å²) >= 11 is 0. The molecular formula is C16H18F2N2O3. The zero-order valence-corrected chi connectivity index (χ0v) is 12.8. The first kappa shape index (κ1) is 17.0. The van der Waals surface area contributed by atoms with Crippen LogP contribution in [-0.2, 0) is 0 Å². The summed E-state index contributed by atoms with van der Waals surface area (Å²) in [6, 6.07) is 9.14. The molecular weight excluding hydrogens is 306 g/mol. The van der Waals surface area contributed by atoms with Crippen molar-refractivity contribution >= 4 is 5.91 Å². The summed E-state index contributed by atoms with van der Waals surface area (Å²) in [6.45, 7) is -2.61. The topological polar surface area (TPSA) is 54.7 Å². The molecule has 0 fully saturated rings. The van der Waals surface area contributed by atoms with Crippen LogP contribution in [-0.4, -0.2) is 38.1 Å². The fourth-order valence-corrected chi connectivity index (χ4v) is 2.12. The average molecular weight is 324 g/mol. The van der Waals surface area contributed by atoms with Gasteiger partial charge >= 0.3 is 6.61 Å². The molecule has 2 rings (SSSR count). The Kier molecular flexibility index (Phi) is 5.70. The van der Waals surface area contributed by atoms with E-state index in [0.29, 0.717) is 6.54 Å². The SMILES string of the molecule is CN(C)[C@H](CNC(=O)c1cccc(OC(F)F)c1)c1ccco1. The first-order valence-electron chi connectivity index (χ1n) is 7.00. The van der Waals surface area contributed by atoms with Crippen LogP contribution in [0.15, 0.2) is 47.1 Å². The van der Waals surface area contributed by atoms with Crippen LogP contribution >= 0.6 is 0 Å². The van der Waals surface area contributed by atoms with Crippen molar-refractivity contribution in [2.75, 3.05) is 20.6 Å². The third-order valence-electron chi connectivity index (χ3n) is 3.27. The molecule has 5 nitrogen and oxygen atoms in total. The van der Waals surface area contributed by atoms with Gasteiger partial charge in [0.2, 0.25) is 0 Å². The van der Waals surface area contributed by atoms with Crippen molar-refractivity contribution in [3.63, 3.8) is 0 Å². The van der Waals surface area contributed by atoms with Gasteiger partial charge in [0.15, 0.2) is 0 Å². The molecule has 0 aliphatic heterocycles. The number of benzene rings is 1. The molecule has 1 amide bonds. The molecule has 0 unspecified atom stereocenters. The highest BCUT2D eigenvalue weighted by molar-refractivity contribution is 5.94. The van der Waals surface area contributed by atoms with Gasteiger partial charge in [0.25, 0.3) is 5.91 Å². The minimum Gasteiger partial charge on any atom is -0.468 e. The molecule has 1 heterocycles. The summed E-state index contributed by atoms with van der Waals surface area (Å²) < 4.78 is 34.1. The molecule has 1 aromatic heterocycles. The number of carbonyl (C=O) groups is 1. The number of likely N-dealkylation sites (N-methyl/N-ethyl adjacent to an activating group) is 1. The summed E-state index contributed by atoms with van der Waals surface area (Å²) in [6.07, 6.45) is 1.57. The minimum atomic E-state index is -2.93. The van der Waals surface area contributed by atoms with Crippen molar-refractivity contribution in [2.45, 2.75) is 12.7 Å². The number of carbonyl (C=O) groups excluding carboxylic acids is 1. The molecule has 0 bridgehead atoms. The van der Waals surface area contributed by atoms with E-state index in [2.05, 4.69) is 10.1 Å². The monoisotopic (exact) mass is 324 g/mol. The number of ether oxygens (including phenoxy) is 1. The van der Waals surface area contributed by atoms with E-state index in [1.54, 1.807) is 12.3 Å². The van der Waals surface area contributed by atoms with Gasteiger partial charge in [-0.1, -0.05) is 6.07 Å². The molecule has 1 aromatic carbocycles. The molecule has 23 heavy (non-hydrogen) atoms. The number of hydrogen-bond acceptors (Lipinski definition) is 4. The number of hydrogen-bond donors (Lipinski definition) is 1. The maximum absolute atomic E-state index is 12.2. The third-order valence-corrected chi connectivity index (χ3v) is 3.27. The van der Waals surface area contributed by atoms with Crippen molar-refractivity contribution in [3.05, 3.63) is 54.0 Å². The van der Waals surface area contributed by atoms with Gasteiger partial charge < -0.3 is 14.5 Å². The van der Waals surface area contributed by atoms with E-state index in [0.717, 1.165) is 5.76 Å². The number of rotatable bonds is 7. The van der Waals surface area contributed by atoms with Gasteiger partial charge in [-0.05, 0) is 44.4 Å². The van der Waals surface area contributed by atoms with E-state index in [1.807, 2.05) is 25.1 Å². The molecule has 0 radical (unpaired) electrons. The number of furan rings is 1. The normalized spacial score (nSPS) is 12.4. The maximum Gasteiger partial charge on any atom is 0.387 e. The van der Waals surface area contributed by atoms with Gasteiger partial charge in [0.05, 0.1) is 12.3 Å². The second-order valence-corrected chi connectivity index (χ2v) is 5.11. The minimum absolute atomic E-state index is 0.0529. The summed E-state index contributed by atoms with van der Waals surface area (Å²) in [4.78, 5) is 14.1. The molecule has 124 valence electrons. The molecule has 0 saturated carbocycles. The Morgan fingerprint density at radius 2 is 2.09 bits per heavy atom. The summed E-state index contributed by atoms with van der Waals surface area (Å²) in [5, 5.41) is 2.77. The molecule has 2 aromatic rings. The summed E-state index contributed by atoms with van der Waals surface area (Å²) in [5.74, 6) is 0.302. The number of alkyl halides is 2. The maximum atomic E-state index is 12.2. The number of amides is 1. The molecule has 0 saturated heterocycles.